The van der Waals surface area contributed by atoms with Crippen molar-refractivity contribution in [3.8, 4) is 0 Å². The Hall–Kier alpha value is -3.60. The molecule has 5 heteroatoms. The van der Waals surface area contributed by atoms with Crippen LogP contribution in [0, 0.1) is 11.0 Å². The van der Waals surface area contributed by atoms with Crippen LogP contribution < -0.4 is 4.73 Å². The average molecular weight is 373 g/mol. The Kier molecular flexibility index (Phi) is 4.35. The third-order valence-corrected chi connectivity index (χ3v) is 4.84. The van der Waals surface area contributed by atoms with E-state index in [-0.39, 0.29) is 18.0 Å². The lowest BCUT2D eigenvalue weighted by molar-refractivity contribution is -0.577. The highest BCUT2D eigenvalue weighted by atomic mass is 19.1. The Balaban J connectivity index is 1.73. The zero-order valence-electron chi connectivity index (χ0n) is 15.1. The molecule has 138 valence electrons. The van der Waals surface area contributed by atoms with Crippen LogP contribution in [0.2, 0.25) is 0 Å². The number of carbonyl (C=O) groups excluding carboxylic acids is 2. The first-order chi connectivity index (χ1) is 13.4. The van der Waals surface area contributed by atoms with Gasteiger partial charge in [0, 0.05) is 28.8 Å². The molecule has 0 radical (unpaired) electrons. The highest BCUT2D eigenvalue weighted by molar-refractivity contribution is 6.07. The summed E-state index contributed by atoms with van der Waals surface area (Å²) in [6.45, 7) is 1.42. The zero-order chi connectivity index (χ0) is 19.8. The second kappa shape index (κ2) is 6.85. The van der Waals surface area contributed by atoms with Crippen molar-refractivity contribution < 1.29 is 18.7 Å². The summed E-state index contributed by atoms with van der Waals surface area (Å²) in [5.74, 6) is -0.814. The maximum Gasteiger partial charge on any atom is 0.223 e. The fraction of sp³-hybridized carbons (Fsp3) is 0.0870. The molecule has 0 saturated heterocycles. The highest BCUT2D eigenvalue weighted by Gasteiger charge is 2.15. The molecule has 4 rings (SSSR count). The van der Waals surface area contributed by atoms with Gasteiger partial charge in [0.05, 0.1) is 5.56 Å². The van der Waals surface area contributed by atoms with Gasteiger partial charge in [-0.1, -0.05) is 24.3 Å². The van der Waals surface area contributed by atoms with Crippen molar-refractivity contribution in [2.75, 3.05) is 0 Å². The number of fused-ring (bicyclic) bond motifs is 2. The molecule has 4 nitrogen and oxygen atoms in total. The molecule has 0 N–H and O–H groups in total. The largest absolute Gasteiger partial charge is 0.618 e. The molecule has 1 aromatic heterocycles. The number of benzene rings is 3. The number of hydrogen-bond acceptors (Lipinski definition) is 3. The van der Waals surface area contributed by atoms with Crippen molar-refractivity contribution in [1.29, 1.82) is 0 Å². The van der Waals surface area contributed by atoms with E-state index in [4.69, 9.17) is 0 Å². The smallest absolute Gasteiger partial charge is 0.223 e. The lowest BCUT2D eigenvalue weighted by Crippen LogP contribution is -2.28. The fourth-order valence-electron chi connectivity index (χ4n) is 3.43. The SMILES string of the molecule is CC(=O)c1ccc(F)c2ccc(CC(=O)c3cc4ccccc4[n+]([O-])c3)cc12. The molecule has 0 aliphatic rings. The fourth-order valence-corrected chi connectivity index (χ4v) is 3.43. The van der Waals surface area contributed by atoms with Gasteiger partial charge in [0.2, 0.25) is 5.52 Å². The van der Waals surface area contributed by atoms with Crippen molar-refractivity contribution in [2.24, 2.45) is 0 Å². The number of halogens is 1. The summed E-state index contributed by atoms with van der Waals surface area (Å²) in [6.07, 6.45) is 1.31. The predicted molar refractivity (Wildman–Crippen MR) is 105 cm³/mol. The maximum atomic E-state index is 14.1. The standard InChI is InChI=1S/C23H16FNO3/c1-14(26)18-8-9-21(24)19-7-6-15(10-20(18)19)11-23(27)17-12-16-4-2-3-5-22(16)25(28)13-17/h2-10,12-13H,11H2,1H3. The summed E-state index contributed by atoms with van der Waals surface area (Å²) in [5.41, 5.74) is 1.86. The van der Waals surface area contributed by atoms with Gasteiger partial charge in [-0.05, 0) is 48.2 Å². The molecule has 0 aliphatic heterocycles. The monoisotopic (exact) mass is 373 g/mol. The molecule has 0 amide bonds. The number of hydrogen-bond donors (Lipinski definition) is 0. The summed E-state index contributed by atoms with van der Waals surface area (Å²) < 4.78 is 14.8. The van der Waals surface area contributed by atoms with Crippen LogP contribution >= 0.6 is 0 Å². The average Bonchev–Trinajstić information content (AvgIpc) is 2.68. The number of rotatable bonds is 4. The van der Waals surface area contributed by atoms with Gasteiger partial charge in [0.25, 0.3) is 0 Å². The number of para-hydroxylation sites is 1. The van der Waals surface area contributed by atoms with Crippen LogP contribution in [-0.2, 0) is 6.42 Å². The van der Waals surface area contributed by atoms with E-state index in [1.807, 2.05) is 0 Å². The number of nitrogens with zero attached hydrogens (tertiary/aromatic N) is 1. The Morgan fingerprint density at radius 1 is 1.00 bits per heavy atom. The first-order valence-corrected chi connectivity index (χ1v) is 8.81. The van der Waals surface area contributed by atoms with Crippen LogP contribution in [0.1, 0.15) is 33.2 Å². The third kappa shape index (κ3) is 3.11. The van der Waals surface area contributed by atoms with Crippen LogP contribution in [-0.4, -0.2) is 11.6 Å². The molecule has 4 aromatic rings. The van der Waals surface area contributed by atoms with E-state index in [1.54, 1.807) is 48.5 Å². The Bertz CT molecular complexity index is 1260. The van der Waals surface area contributed by atoms with Gasteiger partial charge in [-0.25, -0.2) is 4.39 Å². The van der Waals surface area contributed by atoms with Crippen molar-refractivity contribution >= 4 is 33.2 Å². The Labute approximate surface area is 160 Å². The van der Waals surface area contributed by atoms with E-state index in [9.17, 15) is 19.2 Å². The topological polar surface area (TPSA) is 61.1 Å². The number of Topliss-reactive ketones (excluding diaryl/α,β-unsaturated/α-hetero) is 2. The third-order valence-electron chi connectivity index (χ3n) is 4.84. The molecule has 0 atom stereocenters. The summed E-state index contributed by atoms with van der Waals surface area (Å²) in [5, 5.41) is 13.7. The molecule has 0 bridgehead atoms. The number of pyridine rings is 1. The van der Waals surface area contributed by atoms with Crippen LogP contribution in [0.3, 0.4) is 0 Å². The second-order valence-corrected chi connectivity index (χ2v) is 6.74. The first kappa shape index (κ1) is 17.8. The van der Waals surface area contributed by atoms with E-state index >= 15 is 0 Å². The molecule has 1 heterocycles. The van der Waals surface area contributed by atoms with Crippen LogP contribution in [0.25, 0.3) is 21.7 Å². The van der Waals surface area contributed by atoms with Gasteiger partial charge < -0.3 is 5.21 Å². The van der Waals surface area contributed by atoms with Crippen LogP contribution in [0.4, 0.5) is 4.39 Å². The van der Waals surface area contributed by atoms with Crippen LogP contribution in [0.5, 0.6) is 0 Å². The lowest BCUT2D eigenvalue weighted by atomic mass is 9.96. The van der Waals surface area contributed by atoms with Gasteiger partial charge in [0.1, 0.15) is 5.82 Å². The number of aromatic nitrogens is 1. The van der Waals surface area contributed by atoms with E-state index in [0.29, 0.717) is 43.1 Å². The van der Waals surface area contributed by atoms with Crippen molar-refractivity contribution in [3.05, 3.63) is 94.6 Å². The van der Waals surface area contributed by atoms with Gasteiger partial charge in [-0.2, -0.15) is 4.73 Å². The molecule has 0 spiro atoms. The van der Waals surface area contributed by atoms with Crippen molar-refractivity contribution in [1.82, 2.24) is 0 Å². The Morgan fingerprint density at radius 2 is 1.79 bits per heavy atom. The Morgan fingerprint density at radius 3 is 2.57 bits per heavy atom. The molecular formula is C23H16FNO3. The highest BCUT2D eigenvalue weighted by Crippen LogP contribution is 2.25. The molecule has 0 fully saturated rings. The second-order valence-electron chi connectivity index (χ2n) is 6.74. The lowest BCUT2D eigenvalue weighted by Gasteiger charge is -2.08. The summed E-state index contributed by atoms with van der Waals surface area (Å²) >= 11 is 0. The minimum atomic E-state index is -0.417. The van der Waals surface area contributed by atoms with Crippen molar-refractivity contribution in [3.63, 3.8) is 0 Å². The molecule has 28 heavy (non-hydrogen) atoms. The summed E-state index contributed by atoms with van der Waals surface area (Å²) in [6, 6.07) is 16.4. The molecule has 0 unspecified atom stereocenters. The normalized spacial score (nSPS) is 11.1. The maximum absolute atomic E-state index is 14.1. The van der Waals surface area contributed by atoms with Crippen molar-refractivity contribution in [2.45, 2.75) is 13.3 Å². The quantitative estimate of drug-likeness (QED) is 0.303. The first-order valence-electron chi connectivity index (χ1n) is 8.81. The predicted octanol–water partition coefficient (Wildman–Crippen LogP) is 4.39. The molecule has 0 saturated carbocycles. The van der Waals surface area contributed by atoms with E-state index in [0.717, 1.165) is 0 Å². The van der Waals surface area contributed by atoms with Gasteiger partial charge in [0.15, 0.2) is 17.8 Å². The summed E-state index contributed by atoms with van der Waals surface area (Å²) in [4.78, 5) is 24.6. The van der Waals surface area contributed by atoms with E-state index in [2.05, 4.69) is 0 Å². The van der Waals surface area contributed by atoms with E-state index < -0.39 is 5.82 Å². The minimum Gasteiger partial charge on any atom is -0.618 e. The van der Waals surface area contributed by atoms with Gasteiger partial charge >= 0.3 is 0 Å². The van der Waals surface area contributed by atoms with Crippen LogP contribution in [0.15, 0.2) is 66.9 Å². The van der Waals surface area contributed by atoms with Gasteiger partial charge in [-0.3, -0.25) is 9.59 Å². The molecule has 3 aromatic carbocycles. The minimum absolute atomic E-state index is 0.0438. The van der Waals surface area contributed by atoms with E-state index in [1.165, 1.54) is 25.3 Å². The van der Waals surface area contributed by atoms with Gasteiger partial charge in [-0.15, -0.1) is 0 Å². The summed E-state index contributed by atoms with van der Waals surface area (Å²) in [7, 11) is 0. The zero-order valence-corrected chi connectivity index (χ0v) is 15.1. The molecular weight excluding hydrogens is 357 g/mol. The molecule has 0 aliphatic carbocycles. The number of carbonyl (C=O) groups is 2. The number of ketones is 2.